The molecule has 0 amide bonds. The van der Waals surface area contributed by atoms with Crippen LogP contribution in [0.3, 0.4) is 0 Å². The molecule has 0 aliphatic heterocycles. The molecule has 0 aliphatic rings. The monoisotopic (exact) mass is 276 g/mol. The number of nitriles is 2. The molecule has 2 rings (SSSR count). The van der Waals surface area contributed by atoms with Gasteiger partial charge in [0.05, 0.1) is 0 Å². The maximum absolute atomic E-state index is 7.26. The highest BCUT2D eigenvalue weighted by Gasteiger charge is 1.97. The van der Waals surface area contributed by atoms with E-state index in [1.165, 1.54) is 54.5 Å². The Labute approximate surface area is 127 Å². The molecule has 0 aromatic heterocycles. The Morgan fingerprint density at radius 1 is 0.762 bits per heavy atom. The number of rotatable bonds is 5. The summed E-state index contributed by atoms with van der Waals surface area (Å²) in [7, 11) is 0. The van der Waals surface area contributed by atoms with Gasteiger partial charge in [-0.05, 0) is 29.5 Å². The topological polar surface area (TPSA) is 47.6 Å². The first-order valence-corrected chi connectivity index (χ1v) is 7.24. The van der Waals surface area contributed by atoms with E-state index in [1.807, 2.05) is 0 Å². The smallest absolute Gasteiger partial charge is 0.181 e. The van der Waals surface area contributed by atoms with Crippen molar-refractivity contribution >= 4 is 0 Å². The minimum Gasteiger partial charge on any atom is -0.181 e. The van der Waals surface area contributed by atoms with Crippen molar-refractivity contribution in [3.63, 3.8) is 0 Å². The van der Waals surface area contributed by atoms with Gasteiger partial charge in [-0.3, -0.25) is 0 Å². The van der Waals surface area contributed by atoms with Crippen molar-refractivity contribution in [1.29, 1.82) is 10.5 Å². The molecule has 0 saturated carbocycles. The standard InChI is InChI=1S/C17H20.C2N2/c1-2-3-5-8-15-11-13-17(14-12-15)16-9-6-4-7-10-16;3-1-2-4/h4,6-7,9-14H,2-3,5,8H2,1H3;. The summed E-state index contributed by atoms with van der Waals surface area (Å²) < 4.78 is 0. The summed E-state index contributed by atoms with van der Waals surface area (Å²) in [4.78, 5) is 0. The second kappa shape index (κ2) is 10.2. The second-order valence-corrected chi connectivity index (χ2v) is 4.74. The minimum absolute atomic E-state index is 1.21. The molecule has 0 N–H and O–H groups in total. The van der Waals surface area contributed by atoms with Gasteiger partial charge in [-0.25, -0.2) is 0 Å². The van der Waals surface area contributed by atoms with Crippen molar-refractivity contribution in [3.05, 3.63) is 60.2 Å². The highest BCUT2D eigenvalue weighted by molar-refractivity contribution is 5.63. The van der Waals surface area contributed by atoms with Gasteiger partial charge in [-0.2, -0.15) is 10.5 Å². The van der Waals surface area contributed by atoms with E-state index >= 15 is 0 Å². The van der Waals surface area contributed by atoms with Gasteiger partial charge in [0.25, 0.3) is 0 Å². The normalized spacial score (nSPS) is 8.90. The number of nitrogens with zero attached hydrogens (tertiary/aromatic N) is 2. The summed E-state index contributed by atoms with van der Waals surface area (Å²) in [5.41, 5.74) is 4.07. The van der Waals surface area contributed by atoms with E-state index in [-0.39, 0.29) is 0 Å². The van der Waals surface area contributed by atoms with Crippen molar-refractivity contribution < 1.29 is 0 Å². The lowest BCUT2D eigenvalue weighted by Crippen LogP contribution is -1.85. The van der Waals surface area contributed by atoms with E-state index in [0.717, 1.165) is 0 Å². The van der Waals surface area contributed by atoms with Crippen LogP contribution in [0.25, 0.3) is 11.1 Å². The fourth-order valence-corrected chi connectivity index (χ4v) is 2.07. The Kier molecular flexibility index (Phi) is 8.03. The lowest BCUT2D eigenvalue weighted by atomic mass is 10.0. The summed E-state index contributed by atoms with van der Waals surface area (Å²) in [5.74, 6) is 0. The first-order valence-electron chi connectivity index (χ1n) is 7.24. The Balaban J connectivity index is 0.000000491. The molecule has 0 atom stereocenters. The lowest BCUT2D eigenvalue weighted by Gasteiger charge is -2.04. The number of hydrogen-bond donors (Lipinski definition) is 0. The van der Waals surface area contributed by atoms with Crippen LogP contribution in [-0.2, 0) is 6.42 Å². The van der Waals surface area contributed by atoms with Crippen molar-refractivity contribution in [3.8, 4) is 23.3 Å². The van der Waals surface area contributed by atoms with Gasteiger partial charge in [-0.1, -0.05) is 74.4 Å². The van der Waals surface area contributed by atoms with Crippen LogP contribution in [0.4, 0.5) is 0 Å². The van der Waals surface area contributed by atoms with Gasteiger partial charge in [0, 0.05) is 0 Å². The van der Waals surface area contributed by atoms with E-state index in [0.29, 0.717) is 0 Å². The average Bonchev–Trinajstić information content (AvgIpc) is 2.57. The Hall–Kier alpha value is -2.58. The van der Waals surface area contributed by atoms with E-state index in [1.54, 1.807) is 0 Å². The molecule has 0 fully saturated rings. The van der Waals surface area contributed by atoms with Gasteiger partial charge in [-0.15, -0.1) is 0 Å². The van der Waals surface area contributed by atoms with Gasteiger partial charge in [0.15, 0.2) is 12.1 Å². The third kappa shape index (κ3) is 6.41. The van der Waals surface area contributed by atoms with Crippen LogP contribution in [0, 0.1) is 22.7 Å². The molecule has 0 saturated heterocycles. The molecule has 21 heavy (non-hydrogen) atoms. The number of hydrogen-bond acceptors (Lipinski definition) is 2. The third-order valence-corrected chi connectivity index (χ3v) is 3.18. The maximum Gasteiger partial charge on any atom is 0.181 e. The minimum atomic E-state index is 1.21. The van der Waals surface area contributed by atoms with Gasteiger partial charge in [0.2, 0.25) is 0 Å². The zero-order valence-electron chi connectivity index (χ0n) is 12.4. The zero-order valence-corrected chi connectivity index (χ0v) is 12.4. The fourth-order valence-electron chi connectivity index (χ4n) is 2.07. The molecule has 0 spiro atoms. The Bertz CT molecular complexity index is 574. The molecule has 2 nitrogen and oxygen atoms in total. The molecule has 0 radical (unpaired) electrons. The van der Waals surface area contributed by atoms with Gasteiger partial charge >= 0.3 is 0 Å². The van der Waals surface area contributed by atoms with Crippen LogP contribution in [0.1, 0.15) is 31.7 Å². The Morgan fingerprint density at radius 3 is 1.86 bits per heavy atom. The molecule has 106 valence electrons. The Morgan fingerprint density at radius 2 is 1.33 bits per heavy atom. The van der Waals surface area contributed by atoms with Crippen molar-refractivity contribution in [1.82, 2.24) is 0 Å². The van der Waals surface area contributed by atoms with Crippen molar-refractivity contribution in [2.45, 2.75) is 32.6 Å². The fraction of sp³-hybridized carbons (Fsp3) is 0.263. The maximum atomic E-state index is 7.26. The van der Waals surface area contributed by atoms with E-state index in [2.05, 4.69) is 61.5 Å². The first kappa shape index (κ1) is 16.5. The average molecular weight is 276 g/mol. The number of aryl methyl sites for hydroxylation is 1. The lowest BCUT2D eigenvalue weighted by molar-refractivity contribution is 0.717. The summed E-state index contributed by atoms with van der Waals surface area (Å²) in [6.45, 7) is 2.25. The van der Waals surface area contributed by atoms with Crippen molar-refractivity contribution in [2.24, 2.45) is 0 Å². The van der Waals surface area contributed by atoms with Crippen LogP contribution < -0.4 is 0 Å². The van der Waals surface area contributed by atoms with E-state index < -0.39 is 0 Å². The van der Waals surface area contributed by atoms with Crippen LogP contribution in [0.2, 0.25) is 0 Å². The molecular weight excluding hydrogens is 256 g/mol. The van der Waals surface area contributed by atoms with E-state index in [4.69, 9.17) is 10.5 Å². The summed E-state index contributed by atoms with van der Waals surface area (Å²) in [6.07, 6.45) is 5.15. The number of unbranched alkanes of at least 4 members (excludes halogenated alkanes) is 2. The molecule has 0 bridgehead atoms. The number of benzene rings is 2. The molecule has 0 aliphatic carbocycles. The quantitative estimate of drug-likeness (QED) is 0.711. The van der Waals surface area contributed by atoms with Gasteiger partial charge in [0.1, 0.15) is 0 Å². The van der Waals surface area contributed by atoms with Gasteiger partial charge < -0.3 is 0 Å². The highest BCUT2D eigenvalue weighted by Crippen LogP contribution is 2.19. The molecule has 2 aromatic carbocycles. The zero-order chi connectivity index (χ0) is 15.3. The first-order chi connectivity index (χ1) is 10.3. The van der Waals surface area contributed by atoms with Crippen LogP contribution >= 0.6 is 0 Å². The largest absolute Gasteiger partial charge is 0.181 e. The van der Waals surface area contributed by atoms with Crippen molar-refractivity contribution in [2.75, 3.05) is 0 Å². The molecule has 2 aromatic rings. The summed E-state index contributed by atoms with van der Waals surface area (Å²) in [5, 5.41) is 14.5. The van der Waals surface area contributed by atoms with E-state index in [9.17, 15) is 0 Å². The predicted molar refractivity (Wildman–Crippen MR) is 86.3 cm³/mol. The molecule has 0 heterocycles. The SMILES string of the molecule is CCCCCc1ccc(-c2ccccc2)cc1.N#CC#N. The predicted octanol–water partition coefficient (Wildman–Crippen LogP) is 5.12. The highest BCUT2D eigenvalue weighted by atomic mass is 14.3. The molecule has 2 heteroatoms. The second-order valence-electron chi connectivity index (χ2n) is 4.74. The van der Waals surface area contributed by atoms with Crippen LogP contribution in [0.15, 0.2) is 54.6 Å². The third-order valence-electron chi connectivity index (χ3n) is 3.18. The summed E-state index contributed by atoms with van der Waals surface area (Å²) >= 11 is 0. The summed E-state index contributed by atoms with van der Waals surface area (Å²) in [6, 6.07) is 22.0. The van der Waals surface area contributed by atoms with Crippen LogP contribution in [0.5, 0.6) is 0 Å². The molecular formula is C19H20N2. The molecule has 0 unspecified atom stereocenters. The van der Waals surface area contributed by atoms with Crippen LogP contribution in [-0.4, -0.2) is 0 Å².